The van der Waals surface area contributed by atoms with Crippen LogP contribution < -0.4 is 4.72 Å². The van der Waals surface area contributed by atoms with Crippen LogP contribution in [0, 0.1) is 48.5 Å². The van der Waals surface area contributed by atoms with Crippen LogP contribution in [0.25, 0.3) is 5.69 Å². The van der Waals surface area contributed by atoms with Gasteiger partial charge in [0.05, 0.1) is 16.3 Å². The molecule has 0 saturated carbocycles. The Kier molecular flexibility index (Phi) is 5.01. The van der Waals surface area contributed by atoms with Crippen molar-refractivity contribution < 1.29 is 8.42 Å². The fourth-order valence-corrected chi connectivity index (χ4v) is 5.08. The van der Waals surface area contributed by atoms with Gasteiger partial charge in [0.2, 0.25) is 0 Å². The molecule has 148 valence electrons. The Morgan fingerprint density at radius 1 is 0.857 bits per heavy atom. The summed E-state index contributed by atoms with van der Waals surface area (Å²) in [6, 6.07) is 5.34. The van der Waals surface area contributed by atoms with E-state index >= 15 is 0 Å². The number of sulfonamides is 1. The molecule has 3 aromatic rings. The first-order valence-electron chi connectivity index (χ1n) is 9.00. The van der Waals surface area contributed by atoms with Crippen LogP contribution in [0.2, 0.25) is 0 Å². The quantitative estimate of drug-likeness (QED) is 0.724. The Hall–Kier alpha value is -2.74. The van der Waals surface area contributed by atoms with Gasteiger partial charge in [0, 0.05) is 0 Å². The molecule has 0 bridgehead atoms. The third-order valence-electron chi connectivity index (χ3n) is 5.51. The van der Waals surface area contributed by atoms with Crippen molar-refractivity contribution in [3.63, 3.8) is 0 Å². The van der Waals surface area contributed by atoms with Crippen molar-refractivity contribution in [3.05, 3.63) is 57.4 Å². The maximum absolute atomic E-state index is 13.3. The predicted molar refractivity (Wildman–Crippen MR) is 110 cm³/mol. The molecule has 0 unspecified atom stereocenters. The van der Waals surface area contributed by atoms with Gasteiger partial charge in [-0.3, -0.25) is 4.72 Å². The highest BCUT2D eigenvalue weighted by atomic mass is 32.2. The summed E-state index contributed by atoms with van der Waals surface area (Å²) in [6.45, 7) is 13.4. The minimum Gasteiger partial charge on any atom is -0.280 e. The number of nitrogens with one attached hydrogen (secondary N) is 1. The van der Waals surface area contributed by atoms with Gasteiger partial charge in [-0.2, -0.15) is 4.68 Å². The number of aryl methyl sites for hydroxylation is 2. The molecule has 0 spiro atoms. The lowest BCUT2D eigenvalue weighted by Crippen LogP contribution is -2.18. The summed E-state index contributed by atoms with van der Waals surface area (Å²) in [5.41, 5.74) is 6.80. The van der Waals surface area contributed by atoms with E-state index in [4.69, 9.17) is 0 Å². The minimum absolute atomic E-state index is 0.342. The molecule has 0 amide bonds. The van der Waals surface area contributed by atoms with Gasteiger partial charge in [-0.1, -0.05) is 6.07 Å². The number of benzene rings is 2. The van der Waals surface area contributed by atoms with E-state index in [0.29, 0.717) is 16.4 Å². The molecule has 8 heteroatoms. The summed E-state index contributed by atoms with van der Waals surface area (Å²) in [6.07, 6.45) is 0. The highest BCUT2D eigenvalue weighted by Crippen LogP contribution is 2.31. The van der Waals surface area contributed by atoms with Gasteiger partial charge in [0.25, 0.3) is 10.0 Å². The molecule has 0 saturated heterocycles. The van der Waals surface area contributed by atoms with Gasteiger partial charge in [0.1, 0.15) is 0 Å². The molecule has 1 aromatic heterocycles. The van der Waals surface area contributed by atoms with Crippen LogP contribution >= 0.6 is 0 Å². The number of nitrogens with zero attached hydrogens (tertiary/aromatic N) is 4. The fraction of sp³-hybridized carbons (Fsp3) is 0.350. The van der Waals surface area contributed by atoms with E-state index in [2.05, 4.69) is 20.2 Å². The smallest absolute Gasteiger partial charge is 0.262 e. The average Bonchev–Trinajstić information content (AvgIpc) is 3.05. The standard InChI is InChI=1S/C20H25N5O2S/c1-11-8-9-18(10-19(11)25-17(7)21-23-24-25)22-28(26,27)20-15(5)13(3)12(2)14(4)16(20)6/h8-10,22H,1-7H3. The van der Waals surface area contributed by atoms with E-state index < -0.39 is 10.0 Å². The first-order valence-corrected chi connectivity index (χ1v) is 10.5. The van der Waals surface area contributed by atoms with Crippen molar-refractivity contribution >= 4 is 15.7 Å². The molecular weight excluding hydrogens is 374 g/mol. The van der Waals surface area contributed by atoms with E-state index in [1.165, 1.54) is 0 Å². The molecule has 0 fully saturated rings. The van der Waals surface area contributed by atoms with E-state index in [1.807, 2.05) is 47.6 Å². The van der Waals surface area contributed by atoms with Gasteiger partial charge in [-0.15, -0.1) is 5.10 Å². The SMILES string of the molecule is Cc1ccc(NS(=O)(=O)c2c(C)c(C)c(C)c(C)c2C)cc1-n1nnnc1C. The van der Waals surface area contributed by atoms with Crippen LogP contribution in [-0.2, 0) is 10.0 Å². The largest absolute Gasteiger partial charge is 0.280 e. The fourth-order valence-electron chi connectivity index (χ4n) is 3.43. The third kappa shape index (κ3) is 3.28. The zero-order valence-electron chi connectivity index (χ0n) is 17.2. The minimum atomic E-state index is -3.76. The van der Waals surface area contributed by atoms with Crippen LogP contribution in [0.15, 0.2) is 23.1 Å². The first-order chi connectivity index (χ1) is 13.0. The van der Waals surface area contributed by atoms with Crippen molar-refractivity contribution in [3.8, 4) is 5.69 Å². The predicted octanol–water partition coefficient (Wildman–Crippen LogP) is 3.62. The van der Waals surface area contributed by atoms with Crippen molar-refractivity contribution in [2.45, 2.75) is 53.4 Å². The lowest BCUT2D eigenvalue weighted by molar-refractivity contribution is 0.599. The number of anilines is 1. The Morgan fingerprint density at radius 2 is 1.43 bits per heavy atom. The number of rotatable bonds is 4. The Labute approximate surface area is 165 Å². The molecule has 0 aliphatic carbocycles. The maximum atomic E-state index is 13.3. The lowest BCUT2D eigenvalue weighted by Gasteiger charge is -2.19. The van der Waals surface area contributed by atoms with Crippen LogP contribution in [0.5, 0.6) is 0 Å². The molecule has 7 nitrogen and oxygen atoms in total. The van der Waals surface area contributed by atoms with Crippen molar-refractivity contribution in [2.75, 3.05) is 4.72 Å². The summed E-state index contributed by atoms with van der Waals surface area (Å²) in [5, 5.41) is 11.5. The molecule has 0 aliphatic rings. The van der Waals surface area contributed by atoms with E-state index in [1.54, 1.807) is 23.7 Å². The number of hydrogen-bond donors (Lipinski definition) is 1. The van der Waals surface area contributed by atoms with E-state index in [-0.39, 0.29) is 0 Å². The molecule has 1 N–H and O–H groups in total. The molecule has 2 aromatic carbocycles. The normalized spacial score (nSPS) is 11.7. The van der Waals surface area contributed by atoms with Gasteiger partial charge in [-0.05, 0) is 104 Å². The Balaban J connectivity index is 2.09. The summed E-state index contributed by atoms with van der Waals surface area (Å²) >= 11 is 0. The summed E-state index contributed by atoms with van der Waals surface area (Å²) in [5.74, 6) is 0.625. The van der Waals surface area contributed by atoms with Crippen LogP contribution in [0.3, 0.4) is 0 Å². The van der Waals surface area contributed by atoms with E-state index in [0.717, 1.165) is 39.1 Å². The highest BCUT2D eigenvalue weighted by molar-refractivity contribution is 7.92. The van der Waals surface area contributed by atoms with Crippen LogP contribution in [0.4, 0.5) is 5.69 Å². The molecule has 0 aliphatic heterocycles. The second-order valence-corrected chi connectivity index (χ2v) is 8.82. The van der Waals surface area contributed by atoms with Gasteiger partial charge in [-0.25, -0.2) is 8.42 Å². The number of hydrogen-bond acceptors (Lipinski definition) is 5. The summed E-state index contributed by atoms with van der Waals surface area (Å²) < 4.78 is 30.8. The summed E-state index contributed by atoms with van der Waals surface area (Å²) in [7, 11) is -3.76. The van der Waals surface area contributed by atoms with Crippen molar-refractivity contribution in [2.24, 2.45) is 0 Å². The third-order valence-corrected chi connectivity index (χ3v) is 7.17. The van der Waals surface area contributed by atoms with E-state index in [9.17, 15) is 8.42 Å². The zero-order valence-corrected chi connectivity index (χ0v) is 18.1. The maximum Gasteiger partial charge on any atom is 0.262 e. The van der Waals surface area contributed by atoms with Crippen molar-refractivity contribution in [1.29, 1.82) is 0 Å². The molecule has 1 heterocycles. The molecule has 0 radical (unpaired) electrons. The Morgan fingerprint density at radius 3 is 1.96 bits per heavy atom. The van der Waals surface area contributed by atoms with Gasteiger partial charge in [0.15, 0.2) is 5.82 Å². The van der Waals surface area contributed by atoms with Gasteiger partial charge < -0.3 is 0 Å². The zero-order chi connectivity index (χ0) is 20.8. The van der Waals surface area contributed by atoms with Crippen LogP contribution in [-0.4, -0.2) is 28.6 Å². The molecule has 3 rings (SSSR count). The number of tetrazole rings is 1. The topological polar surface area (TPSA) is 89.8 Å². The first kappa shape index (κ1) is 20.0. The molecular formula is C20H25N5O2S. The lowest BCUT2D eigenvalue weighted by atomic mass is 9.95. The summed E-state index contributed by atoms with van der Waals surface area (Å²) in [4.78, 5) is 0.342. The number of aromatic nitrogens is 4. The molecule has 0 atom stereocenters. The second kappa shape index (κ2) is 7.01. The monoisotopic (exact) mass is 399 g/mol. The molecule has 28 heavy (non-hydrogen) atoms. The highest BCUT2D eigenvalue weighted by Gasteiger charge is 2.24. The second-order valence-electron chi connectivity index (χ2n) is 7.20. The van der Waals surface area contributed by atoms with Crippen molar-refractivity contribution in [1.82, 2.24) is 20.2 Å². The van der Waals surface area contributed by atoms with Crippen LogP contribution in [0.1, 0.15) is 39.2 Å². The average molecular weight is 400 g/mol. The Bertz CT molecular complexity index is 1150. The van der Waals surface area contributed by atoms with Gasteiger partial charge >= 0.3 is 0 Å².